The van der Waals surface area contributed by atoms with E-state index in [-0.39, 0.29) is 17.5 Å². The van der Waals surface area contributed by atoms with Gasteiger partial charge in [0.25, 0.3) is 5.91 Å². The summed E-state index contributed by atoms with van der Waals surface area (Å²) in [5.74, 6) is -0.113. The molecule has 1 aliphatic rings. The molecule has 1 saturated heterocycles. The van der Waals surface area contributed by atoms with Gasteiger partial charge in [0.1, 0.15) is 5.82 Å². The highest BCUT2D eigenvalue weighted by Gasteiger charge is 2.24. The first-order valence-electron chi connectivity index (χ1n) is 10.6. The Bertz CT molecular complexity index is 1170. The summed E-state index contributed by atoms with van der Waals surface area (Å²) in [5, 5.41) is 7.91. The van der Waals surface area contributed by atoms with Gasteiger partial charge in [0.2, 0.25) is 5.82 Å². The molecule has 1 N–H and O–H groups in total. The van der Waals surface area contributed by atoms with Gasteiger partial charge in [-0.25, -0.2) is 9.67 Å². The van der Waals surface area contributed by atoms with Crippen LogP contribution in [-0.2, 0) is 11.3 Å². The van der Waals surface area contributed by atoms with Crippen molar-refractivity contribution in [2.75, 3.05) is 32.8 Å². The maximum Gasteiger partial charge on any atom is 0.290 e. The summed E-state index contributed by atoms with van der Waals surface area (Å²) in [5.41, 5.74) is 1.13. The van der Waals surface area contributed by atoms with Crippen LogP contribution in [0.2, 0.25) is 10.0 Å². The third-order valence-corrected chi connectivity index (χ3v) is 5.80. The Morgan fingerprint density at radius 2 is 1.85 bits per heavy atom. The number of ether oxygens (including phenoxy) is 1. The van der Waals surface area contributed by atoms with E-state index in [4.69, 9.17) is 27.9 Å². The zero-order valence-corrected chi connectivity index (χ0v) is 19.6. The highest BCUT2D eigenvalue weighted by Crippen LogP contribution is 2.26. The van der Waals surface area contributed by atoms with Crippen LogP contribution in [-0.4, -0.2) is 64.2 Å². The van der Waals surface area contributed by atoms with Gasteiger partial charge in [0.15, 0.2) is 5.78 Å². The van der Waals surface area contributed by atoms with Gasteiger partial charge in [-0.3, -0.25) is 14.5 Å². The fraction of sp³-hybridized carbons (Fsp3) is 0.304. The molecule has 4 rings (SSSR count). The average Bonchev–Trinajstić information content (AvgIpc) is 3.23. The molecule has 2 heterocycles. The standard InChI is InChI=1S/C23H23Cl2N5O3/c1-2-26-23(32)22-27-20(14-29-9-11-33-12-10-29)30(28-22)19-8-7-15(24)13-17(19)21(31)16-5-3-4-6-18(16)25/h3-8,13H,2,9-12,14H2,1H3,(H,26,32). The van der Waals surface area contributed by atoms with Crippen molar-refractivity contribution in [3.63, 3.8) is 0 Å². The number of amides is 1. The molecule has 33 heavy (non-hydrogen) atoms. The van der Waals surface area contributed by atoms with Crippen molar-refractivity contribution in [2.45, 2.75) is 13.5 Å². The van der Waals surface area contributed by atoms with Crippen molar-refractivity contribution in [1.82, 2.24) is 25.0 Å². The highest BCUT2D eigenvalue weighted by atomic mass is 35.5. The average molecular weight is 488 g/mol. The van der Waals surface area contributed by atoms with Crippen molar-refractivity contribution in [2.24, 2.45) is 0 Å². The van der Waals surface area contributed by atoms with E-state index in [1.165, 1.54) is 0 Å². The molecule has 0 bridgehead atoms. The minimum Gasteiger partial charge on any atom is -0.379 e. The molecule has 10 heteroatoms. The van der Waals surface area contributed by atoms with Crippen molar-refractivity contribution in [1.29, 1.82) is 0 Å². The number of rotatable bonds is 7. The predicted octanol–water partition coefficient (Wildman–Crippen LogP) is 3.39. The molecule has 2 aromatic carbocycles. The summed E-state index contributed by atoms with van der Waals surface area (Å²) in [6.07, 6.45) is 0. The lowest BCUT2D eigenvalue weighted by Crippen LogP contribution is -2.36. The maximum atomic E-state index is 13.4. The summed E-state index contributed by atoms with van der Waals surface area (Å²) < 4.78 is 6.97. The summed E-state index contributed by atoms with van der Waals surface area (Å²) in [4.78, 5) is 32.6. The molecule has 172 valence electrons. The lowest BCUT2D eigenvalue weighted by molar-refractivity contribution is 0.0327. The second-order valence-corrected chi connectivity index (χ2v) is 8.33. The summed E-state index contributed by atoms with van der Waals surface area (Å²) in [6, 6.07) is 11.8. The third-order valence-electron chi connectivity index (χ3n) is 5.23. The van der Waals surface area contributed by atoms with E-state index in [2.05, 4.69) is 20.3 Å². The fourth-order valence-electron chi connectivity index (χ4n) is 3.60. The molecular weight excluding hydrogens is 465 g/mol. The lowest BCUT2D eigenvalue weighted by atomic mass is 10.0. The second kappa shape index (κ2) is 10.4. The van der Waals surface area contributed by atoms with E-state index in [9.17, 15) is 9.59 Å². The zero-order chi connectivity index (χ0) is 23.4. The number of carbonyl (C=O) groups is 2. The Hall–Kier alpha value is -2.78. The largest absolute Gasteiger partial charge is 0.379 e. The number of hydrogen-bond acceptors (Lipinski definition) is 6. The van der Waals surface area contributed by atoms with Crippen molar-refractivity contribution in [3.05, 3.63) is 75.3 Å². The second-order valence-electron chi connectivity index (χ2n) is 7.48. The molecule has 0 spiro atoms. The Kier molecular flexibility index (Phi) is 7.39. The Labute approximate surface area is 201 Å². The smallest absolute Gasteiger partial charge is 0.290 e. The SMILES string of the molecule is CCNC(=O)c1nc(CN2CCOCC2)n(-c2ccc(Cl)cc2C(=O)c2ccccc2Cl)n1. The minimum atomic E-state index is -0.382. The van der Waals surface area contributed by atoms with E-state index < -0.39 is 0 Å². The van der Waals surface area contributed by atoms with Crippen LogP contribution in [0.4, 0.5) is 0 Å². The summed E-state index contributed by atoms with van der Waals surface area (Å²) in [6.45, 7) is 5.42. The van der Waals surface area contributed by atoms with Gasteiger partial charge in [-0.15, -0.1) is 5.10 Å². The Balaban J connectivity index is 1.81. The normalized spacial score (nSPS) is 14.3. The van der Waals surface area contributed by atoms with E-state index in [0.717, 1.165) is 13.1 Å². The number of nitrogens with zero attached hydrogens (tertiary/aromatic N) is 4. The van der Waals surface area contributed by atoms with Crippen LogP contribution in [0.15, 0.2) is 42.5 Å². The number of morpholine rings is 1. The van der Waals surface area contributed by atoms with Gasteiger partial charge >= 0.3 is 0 Å². The van der Waals surface area contributed by atoms with Crippen molar-refractivity contribution < 1.29 is 14.3 Å². The van der Waals surface area contributed by atoms with Crippen molar-refractivity contribution >= 4 is 34.9 Å². The number of carbonyl (C=O) groups excluding carboxylic acids is 2. The van der Waals surface area contributed by atoms with E-state index >= 15 is 0 Å². The van der Waals surface area contributed by atoms with Gasteiger partial charge < -0.3 is 10.1 Å². The van der Waals surface area contributed by atoms with Gasteiger partial charge in [-0.2, -0.15) is 0 Å². The quantitative estimate of drug-likeness (QED) is 0.513. The van der Waals surface area contributed by atoms with Crippen LogP contribution in [0.5, 0.6) is 0 Å². The predicted molar refractivity (Wildman–Crippen MR) is 125 cm³/mol. The number of halogens is 2. The Morgan fingerprint density at radius 3 is 2.58 bits per heavy atom. The fourth-order valence-corrected chi connectivity index (χ4v) is 3.99. The topological polar surface area (TPSA) is 89.4 Å². The van der Waals surface area contributed by atoms with Crippen LogP contribution in [0, 0.1) is 0 Å². The van der Waals surface area contributed by atoms with Crippen molar-refractivity contribution in [3.8, 4) is 5.69 Å². The third kappa shape index (κ3) is 5.25. The molecule has 0 aliphatic carbocycles. The number of benzene rings is 2. The van der Waals surface area contributed by atoms with E-state index in [1.54, 1.807) is 47.1 Å². The zero-order valence-electron chi connectivity index (χ0n) is 18.1. The monoisotopic (exact) mass is 487 g/mol. The lowest BCUT2D eigenvalue weighted by Gasteiger charge is -2.26. The molecule has 1 amide bonds. The molecule has 3 aromatic rings. The molecule has 1 aromatic heterocycles. The van der Waals surface area contributed by atoms with Crippen LogP contribution in [0.3, 0.4) is 0 Å². The maximum absolute atomic E-state index is 13.4. The number of nitrogens with one attached hydrogen (secondary N) is 1. The summed E-state index contributed by atoms with van der Waals surface area (Å²) >= 11 is 12.5. The molecule has 0 unspecified atom stereocenters. The molecule has 8 nitrogen and oxygen atoms in total. The number of hydrogen-bond donors (Lipinski definition) is 1. The van der Waals surface area contributed by atoms with Crippen LogP contribution >= 0.6 is 23.2 Å². The molecule has 1 aliphatic heterocycles. The minimum absolute atomic E-state index is 0.0335. The molecular formula is C23H23Cl2N5O3. The first kappa shape index (κ1) is 23.4. The molecule has 1 fully saturated rings. The molecule has 0 saturated carbocycles. The first-order valence-corrected chi connectivity index (χ1v) is 11.4. The van der Waals surface area contributed by atoms with Gasteiger partial charge in [-0.1, -0.05) is 35.3 Å². The molecule has 0 radical (unpaired) electrons. The molecule has 0 atom stereocenters. The van der Waals surface area contributed by atoms with E-state index in [1.807, 2.05) is 6.92 Å². The first-order chi connectivity index (χ1) is 16.0. The summed E-state index contributed by atoms with van der Waals surface area (Å²) in [7, 11) is 0. The van der Waals surface area contributed by atoms with Gasteiger partial charge in [0.05, 0.1) is 30.5 Å². The number of aromatic nitrogens is 3. The highest BCUT2D eigenvalue weighted by molar-refractivity contribution is 6.35. The van der Waals surface area contributed by atoms with Crippen LogP contribution in [0.25, 0.3) is 5.69 Å². The van der Waals surface area contributed by atoms with E-state index in [0.29, 0.717) is 59.0 Å². The Morgan fingerprint density at radius 1 is 1.09 bits per heavy atom. The van der Waals surface area contributed by atoms with Gasteiger partial charge in [0, 0.05) is 35.8 Å². The van der Waals surface area contributed by atoms with Crippen LogP contribution in [0.1, 0.15) is 39.3 Å². The van der Waals surface area contributed by atoms with Crippen LogP contribution < -0.4 is 5.32 Å². The number of ketones is 1. The van der Waals surface area contributed by atoms with Gasteiger partial charge in [-0.05, 0) is 37.3 Å².